The highest BCUT2D eigenvalue weighted by atomic mass is 16.5. The van der Waals surface area contributed by atoms with Crippen LogP contribution in [0.4, 0.5) is 10.5 Å². The maximum atomic E-state index is 12.3. The number of carbonyl (C=O) groups excluding carboxylic acids is 2. The Balaban J connectivity index is 1.54. The van der Waals surface area contributed by atoms with Gasteiger partial charge in [-0.15, -0.1) is 0 Å². The van der Waals surface area contributed by atoms with Gasteiger partial charge in [-0.3, -0.25) is 9.79 Å². The van der Waals surface area contributed by atoms with Gasteiger partial charge in [-0.25, -0.2) is 4.79 Å². The van der Waals surface area contributed by atoms with Crippen LogP contribution in [-0.4, -0.2) is 67.6 Å². The first-order valence-electron chi connectivity index (χ1n) is 10.9. The number of guanidine groups is 1. The molecule has 2 amide bonds. The molecule has 1 aromatic carbocycles. The zero-order valence-electron chi connectivity index (χ0n) is 18.0. The van der Waals surface area contributed by atoms with Crippen molar-refractivity contribution in [2.45, 2.75) is 39.2 Å². The lowest BCUT2D eigenvalue weighted by atomic mass is 9.98. The molecule has 0 bridgehead atoms. The highest BCUT2D eigenvalue weighted by Gasteiger charge is 2.28. The Morgan fingerprint density at radius 1 is 1.17 bits per heavy atom. The van der Waals surface area contributed by atoms with E-state index in [0.29, 0.717) is 19.7 Å². The number of carbonyl (C=O) groups is 2. The first-order chi connectivity index (χ1) is 14.6. The third-order valence-corrected chi connectivity index (χ3v) is 5.57. The van der Waals surface area contributed by atoms with Gasteiger partial charge in [0, 0.05) is 45.5 Å². The van der Waals surface area contributed by atoms with E-state index in [2.05, 4.69) is 20.5 Å². The molecule has 2 aliphatic rings. The van der Waals surface area contributed by atoms with E-state index in [1.807, 2.05) is 36.1 Å². The smallest absolute Gasteiger partial charge is 0.321 e. The normalized spacial score (nSPS) is 19.5. The Morgan fingerprint density at radius 3 is 2.67 bits per heavy atom. The van der Waals surface area contributed by atoms with Crippen LogP contribution in [0.5, 0.6) is 0 Å². The van der Waals surface area contributed by atoms with Gasteiger partial charge in [0.05, 0.1) is 12.5 Å². The zero-order chi connectivity index (χ0) is 21.3. The quantitative estimate of drug-likeness (QED) is 0.439. The van der Waals surface area contributed by atoms with Crippen molar-refractivity contribution in [2.75, 3.05) is 45.2 Å². The predicted octanol–water partition coefficient (Wildman–Crippen LogP) is 2.66. The Labute approximate surface area is 178 Å². The molecule has 0 aliphatic carbocycles. The number of amides is 2. The van der Waals surface area contributed by atoms with E-state index in [0.717, 1.165) is 62.5 Å². The van der Waals surface area contributed by atoms with Crippen LogP contribution in [0.25, 0.3) is 0 Å². The summed E-state index contributed by atoms with van der Waals surface area (Å²) >= 11 is 0. The Kier molecular flexibility index (Phi) is 7.93. The second-order valence-corrected chi connectivity index (χ2v) is 7.76. The monoisotopic (exact) mass is 415 g/mol. The van der Waals surface area contributed by atoms with Crippen molar-refractivity contribution >= 4 is 23.6 Å². The number of ether oxygens (including phenoxy) is 1. The summed E-state index contributed by atoms with van der Waals surface area (Å²) in [5, 5.41) is 6.37. The van der Waals surface area contributed by atoms with E-state index < -0.39 is 0 Å². The molecule has 2 fully saturated rings. The minimum absolute atomic E-state index is 0.0354. The third-order valence-electron chi connectivity index (χ3n) is 5.57. The summed E-state index contributed by atoms with van der Waals surface area (Å²) < 4.78 is 5.19. The minimum Gasteiger partial charge on any atom is -0.466 e. The second-order valence-electron chi connectivity index (χ2n) is 7.76. The van der Waals surface area contributed by atoms with Crippen LogP contribution in [0, 0.1) is 5.92 Å². The summed E-state index contributed by atoms with van der Waals surface area (Å²) in [4.78, 5) is 32.8. The lowest BCUT2D eigenvalue weighted by Gasteiger charge is -2.34. The number of rotatable bonds is 5. The summed E-state index contributed by atoms with van der Waals surface area (Å²) in [5.74, 6) is 0.538. The first-order valence-corrected chi connectivity index (χ1v) is 10.9. The van der Waals surface area contributed by atoms with Crippen LogP contribution >= 0.6 is 0 Å². The van der Waals surface area contributed by atoms with Gasteiger partial charge < -0.3 is 25.2 Å². The minimum atomic E-state index is -0.126. The van der Waals surface area contributed by atoms with Gasteiger partial charge >= 0.3 is 12.0 Å². The van der Waals surface area contributed by atoms with E-state index in [4.69, 9.17) is 4.74 Å². The maximum absolute atomic E-state index is 12.3. The van der Waals surface area contributed by atoms with Gasteiger partial charge in [0.25, 0.3) is 0 Å². The summed E-state index contributed by atoms with van der Waals surface area (Å²) in [7, 11) is 1.75. The molecular formula is C22H33N5O3. The number of benzene rings is 1. The number of hydrogen-bond acceptors (Lipinski definition) is 4. The zero-order valence-corrected chi connectivity index (χ0v) is 18.0. The fraction of sp³-hybridized carbons (Fsp3) is 0.591. The molecule has 2 N–H and O–H groups in total. The summed E-state index contributed by atoms with van der Waals surface area (Å²) in [6, 6.07) is 7.81. The van der Waals surface area contributed by atoms with Crippen molar-refractivity contribution in [1.82, 2.24) is 15.1 Å². The number of aliphatic imine (C=N–C) groups is 1. The molecule has 2 aliphatic heterocycles. The molecule has 1 aromatic rings. The predicted molar refractivity (Wildman–Crippen MR) is 117 cm³/mol. The van der Waals surface area contributed by atoms with Crippen molar-refractivity contribution in [3.63, 3.8) is 0 Å². The number of nitrogens with one attached hydrogen (secondary N) is 2. The SMILES string of the molecule is CCOC(=O)C1CCCN(C(=NC)NCc2cccc(NC(=O)N3CCCC3)c2)C1. The number of hydrogen-bond donors (Lipinski definition) is 2. The van der Waals surface area contributed by atoms with E-state index in [1.54, 1.807) is 7.05 Å². The molecule has 2 saturated heterocycles. The molecule has 1 unspecified atom stereocenters. The van der Waals surface area contributed by atoms with Crippen LogP contribution in [-0.2, 0) is 16.1 Å². The standard InChI is InChI=1S/C22H33N5O3/c1-3-30-20(28)18-9-7-13-27(16-18)21(23-2)24-15-17-8-6-10-19(14-17)25-22(29)26-11-4-5-12-26/h6,8,10,14,18H,3-5,7,9,11-13,15-16H2,1-2H3,(H,23,24)(H,25,29). The van der Waals surface area contributed by atoms with Gasteiger partial charge in [0.2, 0.25) is 0 Å². The molecule has 0 radical (unpaired) electrons. The lowest BCUT2D eigenvalue weighted by Crippen LogP contribution is -2.48. The molecule has 8 nitrogen and oxygen atoms in total. The van der Waals surface area contributed by atoms with Crippen LogP contribution < -0.4 is 10.6 Å². The average molecular weight is 416 g/mol. The molecular weight excluding hydrogens is 382 g/mol. The summed E-state index contributed by atoms with van der Waals surface area (Å²) in [6.07, 6.45) is 3.93. The van der Waals surface area contributed by atoms with E-state index in [9.17, 15) is 9.59 Å². The molecule has 30 heavy (non-hydrogen) atoms. The van der Waals surface area contributed by atoms with Crippen molar-refractivity contribution < 1.29 is 14.3 Å². The van der Waals surface area contributed by atoms with Gasteiger partial charge in [-0.05, 0) is 50.3 Å². The van der Waals surface area contributed by atoms with E-state index in [1.165, 1.54) is 0 Å². The largest absolute Gasteiger partial charge is 0.466 e. The number of nitrogens with zero attached hydrogens (tertiary/aromatic N) is 3. The topological polar surface area (TPSA) is 86.3 Å². The van der Waals surface area contributed by atoms with Crippen LogP contribution in [0.2, 0.25) is 0 Å². The number of anilines is 1. The molecule has 164 valence electrons. The van der Waals surface area contributed by atoms with E-state index >= 15 is 0 Å². The molecule has 1 atom stereocenters. The van der Waals surface area contributed by atoms with Crippen LogP contribution in [0.3, 0.4) is 0 Å². The van der Waals surface area contributed by atoms with Crippen molar-refractivity contribution in [3.8, 4) is 0 Å². The Hall–Kier alpha value is -2.77. The molecule has 0 spiro atoms. The van der Waals surface area contributed by atoms with Crippen molar-refractivity contribution in [3.05, 3.63) is 29.8 Å². The molecule has 0 aromatic heterocycles. The van der Waals surface area contributed by atoms with Crippen molar-refractivity contribution in [1.29, 1.82) is 0 Å². The number of esters is 1. The third kappa shape index (κ3) is 5.87. The molecule has 2 heterocycles. The fourth-order valence-electron chi connectivity index (χ4n) is 4.02. The van der Waals surface area contributed by atoms with Crippen LogP contribution in [0.15, 0.2) is 29.3 Å². The van der Waals surface area contributed by atoms with Crippen molar-refractivity contribution in [2.24, 2.45) is 10.9 Å². The Bertz CT molecular complexity index is 761. The summed E-state index contributed by atoms with van der Waals surface area (Å²) in [6.45, 7) is 5.96. The number of urea groups is 1. The highest BCUT2D eigenvalue weighted by molar-refractivity contribution is 5.89. The van der Waals surface area contributed by atoms with Gasteiger partial charge in [0.15, 0.2) is 5.96 Å². The van der Waals surface area contributed by atoms with Crippen LogP contribution in [0.1, 0.15) is 38.2 Å². The average Bonchev–Trinajstić information content (AvgIpc) is 3.30. The Morgan fingerprint density at radius 2 is 1.93 bits per heavy atom. The first kappa shape index (κ1) is 21.9. The van der Waals surface area contributed by atoms with Gasteiger partial charge in [-0.2, -0.15) is 0 Å². The lowest BCUT2D eigenvalue weighted by molar-refractivity contribution is -0.149. The van der Waals surface area contributed by atoms with E-state index in [-0.39, 0.29) is 17.9 Å². The molecule has 0 saturated carbocycles. The molecule has 3 rings (SSSR count). The molecule has 8 heteroatoms. The fourth-order valence-corrected chi connectivity index (χ4v) is 4.02. The van der Waals surface area contributed by atoms with Gasteiger partial charge in [0.1, 0.15) is 0 Å². The second kappa shape index (κ2) is 10.8. The van der Waals surface area contributed by atoms with Gasteiger partial charge in [-0.1, -0.05) is 12.1 Å². The number of piperidine rings is 1. The maximum Gasteiger partial charge on any atom is 0.321 e. The highest BCUT2D eigenvalue weighted by Crippen LogP contribution is 2.19. The number of likely N-dealkylation sites (tertiary alicyclic amines) is 2. The summed E-state index contributed by atoms with van der Waals surface area (Å²) in [5.41, 5.74) is 1.84.